The van der Waals surface area contributed by atoms with Gasteiger partial charge in [0.1, 0.15) is 6.29 Å². The lowest BCUT2D eigenvalue weighted by Crippen LogP contribution is -2.42. The van der Waals surface area contributed by atoms with Gasteiger partial charge in [0.15, 0.2) is 0 Å². The average molecular weight is 318 g/mol. The molecule has 5 nitrogen and oxygen atoms in total. The summed E-state index contributed by atoms with van der Waals surface area (Å²) in [5.74, 6) is -0.501. The normalized spacial score (nSPS) is 20.4. The van der Waals surface area contributed by atoms with Crippen molar-refractivity contribution in [2.24, 2.45) is 5.41 Å². The van der Waals surface area contributed by atoms with Gasteiger partial charge in [0, 0.05) is 24.6 Å². The Morgan fingerprint density at radius 1 is 1.43 bits per heavy atom. The number of hydrogen-bond acceptors (Lipinski definition) is 4. The second-order valence-corrected chi connectivity index (χ2v) is 6.98. The molecule has 2 N–H and O–H groups in total. The van der Waals surface area contributed by atoms with Crippen LogP contribution in [0.2, 0.25) is 0 Å². The largest absolute Gasteiger partial charge is 0.303 e. The minimum absolute atomic E-state index is 0.0813. The fourth-order valence-electron chi connectivity index (χ4n) is 3.39. The maximum atomic E-state index is 11.6. The van der Waals surface area contributed by atoms with Crippen LogP contribution < -0.4 is 5.48 Å². The molecular weight excluding hydrogens is 292 g/mol. The molecule has 1 unspecified atom stereocenters. The maximum Gasteiger partial charge on any atom is 0.274 e. The Morgan fingerprint density at radius 2 is 2.17 bits per heavy atom. The fraction of sp³-hybridized carbons (Fsp3) is 0.556. The van der Waals surface area contributed by atoms with E-state index in [1.807, 2.05) is 12.1 Å². The van der Waals surface area contributed by atoms with Crippen molar-refractivity contribution >= 4 is 12.2 Å². The van der Waals surface area contributed by atoms with Crippen LogP contribution in [0, 0.1) is 5.41 Å². The van der Waals surface area contributed by atoms with E-state index in [1.54, 1.807) is 11.5 Å². The third-order valence-corrected chi connectivity index (χ3v) is 5.04. The number of aldehydes is 1. The van der Waals surface area contributed by atoms with Gasteiger partial charge in [0.05, 0.1) is 0 Å². The Balaban J connectivity index is 2.29. The Labute approximate surface area is 137 Å². The molecule has 1 atom stereocenters. The fourth-order valence-corrected chi connectivity index (χ4v) is 3.39. The monoisotopic (exact) mass is 318 g/mol. The van der Waals surface area contributed by atoms with Crippen molar-refractivity contribution in [3.63, 3.8) is 0 Å². The number of fused-ring (bicyclic) bond motifs is 1. The molecule has 0 bridgehead atoms. The van der Waals surface area contributed by atoms with Gasteiger partial charge in [0.25, 0.3) is 5.91 Å². The lowest BCUT2D eigenvalue weighted by molar-refractivity contribution is -0.110. The number of hydrogen-bond donors (Lipinski definition) is 2. The summed E-state index contributed by atoms with van der Waals surface area (Å²) in [6.07, 6.45) is 4.21. The average Bonchev–Trinajstić information content (AvgIpc) is 2.53. The van der Waals surface area contributed by atoms with E-state index in [4.69, 9.17) is 5.21 Å². The topological polar surface area (TPSA) is 69.6 Å². The zero-order valence-electron chi connectivity index (χ0n) is 14.1. The van der Waals surface area contributed by atoms with Crippen molar-refractivity contribution in [3.05, 3.63) is 34.9 Å². The molecule has 0 fully saturated rings. The SMILES string of the molecule is CC(C)N(C)CC1(CC=O)CCc2ccc(C(=O)NO)cc2C1. The predicted octanol–water partition coefficient (Wildman–Crippen LogP) is 2.21. The first kappa shape index (κ1) is 17.6. The number of carbonyl (C=O) groups excluding carboxylic acids is 2. The van der Waals surface area contributed by atoms with Crippen LogP contribution in [0.5, 0.6) is 0 Å². The molecule has 0 heterocycles. The van der Waals surface area contributed by atoms with Crippen molar-refractivity contribution in [2.75, 3.05) is 13.6 Å². The molecule has 0 saturated carbocycles. The van der Waals surface area contributed by atoms with Gasteiger partial charge in [-0.15, -0.1) is 0 Å². The highest BCUT2D eigenvalue weighted by Crippen LogP contribution is 2.39. The molecule has 5 heteroatoms. The maximum absolute atomic E-state index is 11.6. The van der Waals surface area contributed by atoms with Gasteiger partial charge >= 0.3 is 0 Å². The molecule has 0 saturated heterocycles. The summed E-state index contributed by atoms with van der Waals surface area (Å²) in [5.41, 5.74) is 4.38. The summed E-state index contributed by atoms with van der Waals surface area (Å²) in [7, 11) is 2.09. The molecule has 0 aromatic heterocycles. The highest BCUT2D eigenvalue weighted by atomic mass is 16.5. The van der Waals surface area contributed by atoms with Gasteiger partial charge < -0.3 is 9.69 Å². The molecule has 1 aliphatic carbocycles. The molecule has 0 radical (unpaired) electrons. The van der Waals surface area contributed by atoms with Crippen LogP contribution in [0.3, 0.4) is 0 Å². The van der Waals surface area contributed by atoms with Gasteiger partial charge in [-0.2, -0.15) is 0 Å². The molecule has 1 aromatic rings. The second-order valence-electron chi connectivity index (χ2n) is 6.98. The number of amides is 1. The number of rotatable bonds is 6. The number of aryl methyl sites for hydroxylation is 1. The van der Waals surface area contributed by atoms with Gasteiger partial charge in [-0.05, 0) is 68.8 Å². The summed E-state index contributed by atoms with van der Waals surface area (Å²) in [6.45, 7) is 5.16. The molecule has 1 aliphatic rings. The Hall–Kier alpha value is -1.72. The van der Waals surface area contributed by atoms with E-state index in [9.17, 15) is 9.59 Å². The van der Waals surface area contributed by atoms with Crippen LogP contribution >= 0.6 is 0 Å². The predicted molar refractivity (Wildman–Crippen MR) is 88.6 cm³/mol. The number of hydroxylamine groups is 1. The number of benzene rings is 1. The summed E-state index contributed by atoms with van der Waals surface area (Å²) >= 11 is 0. The van der Waals surface area contributed by atoms with Crippen LogP contribution in [0.4, 0.5) is 0 Å². The quantitative estimate of drug-likeness (QED) is 0.479. The number of carbonyl (C=O) groups is 2. The lowest BCUT2D eigenvalue weighted by Gasteiger charge is -2.41. The summed E-state index contributed by atoms with van der Waals surface area (Å²) < 4.78 is 0. The van der Waals surface area contributed by atoms with Gasteiger partial charge in [0.2, 0.25) is 0 Å². The van der Waals surface area contributed by atoms with E-state index in [-0.39, 0.29) is 5.41 Å². The van der Waals surface area contributed by atoms with E-state index in [2.05, 4.69) is 25.8 Å². The van der Waals surface area contributed by atoms with E-state index in [0.29, 0.717) is 18.0 Å². The third kappa shape index (κ3) is 3.98. The number of nitrogens with one attached hydrogen (secondary N) is 1. The second kappa shape index (κ2) is 7.23. The molecule has 2 rings (SSSR count). The Bertz CT molecular complexity index is 586. The summed E-state index contributed by atoms with van der Waals surface area (Å²) in [5, 5.41) is 8.81. The van der Waals surface area contributed by atoms with Crippen LogP contribution in [-0.4, -0.2) is 41.9 Å². The van der Waals surface area contributed by atoms with Crippen molar-refractivity contribution in [3.8, 4) is 0 Å². The Morgan fingerprint density at radius 3 is 2.78 bits per heavy atom. The lowest BCUT2D eigenvalue weighted by atomic mass is 9.69. The molecule has 1 aromatic carbocycles. The van der Waals surface area contributed by atoms with Crippen molar-refractivity contribution in [2.45, 2.75) is 45.6 Å². The first-order valence-electron chi connectivity index (χ1n) is 8.11. The van der Waals surface area contributed by atoms with E-state index in [1.165, 1.54) is 5.56 Å². The molecule has 126 valence electrons. The van der Waals surface area contributed by atoms with Crippen molar-refractivity contribution in [1.82, 2.24) is 10.4 Å². The third-order valence-electron chi connectivity index (χ3n) is 5.04. The van der Waals surface area contributed by atoms with Gasteiger partial charge in [-0.1, -0.05) is 6.07 Å². The molecule has 23 heavy (non-hydrogen) atoms. The highest BCUT2D eigenvalue weighted by Gasteiger charge is 2.35. The zero-order chi connectivity index (χ0) is 17.0. The van der Waals surface area contributed by atoms with Gasteiger partial charge in [-0.25, -0.2) is 5.48 Å². The number of nitrogens with zero attached hydrogens (tertiary/aromatic N) is 1. The van der Waals surface area contributed by atoms with Crippen LogP contribution in [0.15, 0.2) is 18.2 Å². The summed E-state index contributed by atoms with van der Waals surface area (Å²) in [4.78, 5) is 25.2. The van der Waals surface area contributed by atoms with Crippen molar-refractivity contribution < 1.29 is 14.8 Å². The van der Waals surface area contributed by atoms with E-state index >= 15 is 0 Å². The zero-order valence-corrected chi connectivity index (χ0v) is 14.1. The first-order chi connectivity index (χ1) is 10.9. The van der Waals surface area contributed by atoms with Crippen LogP contribution in [0.1, 0.15) is 48.2 Å². The van der Waals surface area contributed by atoms with Gasteiger partial charge in [-0.3, -0.25) is 10.0 Å². The standard InChI is InChI=1S/C18H26N2O3/c1-13(2)20(3)12-18(8-9-21)7-6-14-4-5-15(17(22)19-23)10-16(14)11-18/h4-5,9-10,13,23H,6-8,11-12H2,1-3H3,(H,19,22). The summed E-state index contributed by atoms with van der Waals surface area (Å²) in [6, 6.07) is 5.95. The molecule has 0 aliphatic heterocycles. The van der Waals surface area contributed by atoms with Crippen LogP contribution in [-0.2, 0) is 17.6 Å². The minimum Gasteiger partial charge on any atom is -0.303 e. The van der Waals surface area contributed by atoms with E-state index < -0.39 is 5.91 Å². The molecule has 0 spiro atoms. The molecular formula is C18H26N2O3. The smallest absolute Gasteiger partial charge is 0.274 e. The highest BCUT2D eigenvalue weighted by molar-refractivity contribution is 5.93. The molecule has 1 amide bonds. The van der Waals surface area contributed by atoms with Crippen LogP contribution in [0.25, 0.3) is 0 Å². The Kier molecular flexibility index (Phi) is 5.55. The van der Waals surface area contributed by atoms with E-state index in [0.717, 1.165) is 37.7 Å². The minimum atomic E-state index is -0.501. The first-order valence-corrected chi connectivity index (χ1v) is 8.11. The van der Waals surface area contributed by atoms with Crippen molar-refractivity contribution in [1.29, 1.82) is 0 Å².